The molecule has 4 nitrogen and oxygen atoms in total. The van der Waals surface area contributed by atoms with Gasteiger partial charge in [0.2, 0.25) is 0 Å². The number of rotatable bonds is 4. The van der Waals surface area contributed by atoms with Gasteiger partial charge in [0.25, 0.3) is 0 Å². The lowest BCUT2D eigenvalue weighted by atomic mass is 10.2. The number of nitrogens with one attached hydrogen (secondary N) is 1. The summed E-state index contributed by atoms with van der Waals surface area (Å²) in [7, 11) is 1.57. The molecule has 0 amide bonds. The van der Waals surface area contributed by atoms with Gasteiger partial charge >= 0.3 is 0 Å². The van der Waals surface area contributed by atoms with E-state index >= 15 is 0 Å². The standard InChI is InChI=1S/C10H16N2O2/c1-7(13)6-12-8-3-4-9(11)10(5-8)14-2/h3-5,7,12-13H,6,11H2,1-2H3. The zero-order chi connectivity index (χ0) is 10.6. The summed E-state index contributed by atoms with van der Waals surface area (Å²) in [6.45, 7) is 2.23. The fraction of sp³-hybridized carbons (Fsp3) is 0.400. The Balaban J connectivity index is 2.69. The van der Waals surface area contributed by atoms with Crippen LogP contribution in [-0.2, 0) is 0 Å². The monoisotopic (exact) mass is 196 g/mol. The smallest absolute Gasteiger partial charge is 0.143 e. The second kappa shape index (κ2) is 4.72. The summed E-state index contributed by atoms with van der Waals surface area (Å²) in [6.07, 6.45) is -0.376. The third kappa shape index (κ3) is 2.81. The van der Waals surface area contributed by atoms with Crippen LogP contribution in [0.3, 0.4) is 0 Å². The quantitative estimate of drug-likeness (QED) is 0.630. The fourth-order valence-electron chi connectivity index (χ4n) is 1.09. The molecule has 78 valence electrons. The molecule has 14 heavy (non-hydrogen) atoms. The predicted octanol–water partition coefficient (Wildman–Crippen LogP) is 1.07. The van der Waals surface area contributed by atoms with Gasteiger partial charge in [-0.15, -0.1) is 0 Å². The van der Waals surface area contributed by atoms with E-state index in [1.165, 1.54) is 0 Å². The minimum absolute atomic E-state index is 0.376. The Bertz CT molecular complexity index is 300. The van der Waals surface area contributed by atoms with Crippen LogP contribution in [0.2, 0.25) is 0 Å². The molecule has 0 aliphatic carbocycles. The number of benzene rings is 1. The molecule has 0 bridgehead atoms. The lowest BCUT2D eigenvalue weighted by Crippen LogP contribution is -2.15. The first kappa shape index (κ1) is 10.7. The van der Waals surface area contributed by atoms with Crippen LogP contribution in [0.1, 0.15) is 6.92 Å². The van der Waals surface area contributed by atoms with Crippen molar-refractivity contribution in [2.75, 3.05) is 24.7 Å². The molecule has 0 aliphatic rings. The Hall–Kier alpha value is -1.42. The highest BCUT2D eigenvalue weighted by Crippen LogP contribution is 2.24. The number of hydrogen-bond acceptors (Lipinski definition) is 4. The molecule has 1 aromatic rings. The van der Waals surface area contributed by atoms with Gasteiger partial charge in [-0.2, -0.15) is 0 Å². The average Bonchev–Trinajstić information content (AvgIpc) is 2.16. The predicted molar refractivity (Wildman–Crippen MR) is 57.6 cm³/mol. The number of methoxy groups -OCH3 is 1. The van der Waals surface area contributed by atoms with Crippen LogP contribution in [0.25, 0.3) is 0 Å². The number of aliphatic hydroxyl groups excluding tert-OH is 1. The van der Waals surface area contributed by atoms with Crippen molar-refractivity contribution in [2.45, 2.75) is 13.0 Å². The maximum atomic E-state index is 9.08. The molecular weight excluding hydrogens is 180 g/mol. The molecule has 1 atom stereocenters. The molecule has 4 heteroatoms. The molecular formula is C10H16N2O2. The Morgan fingerprint density at radius 2 is 2.29 bits per heavy atom. The van der Waals surface area contributed by atoms with Crippen LogP contribution >= 0.6 is 0 Å². The van der Waals surface area contributed by atoms with Crippen molar-refractivity contribution in [3.63, 3.8) is 0 Å². The summed E-state index contributed by atoms with van der Waals surface area (Å²) < 4.78 is 5.06. The Morgan fingerprint density at radius 1 is 1.57 bits per heavy atom. The summed E-state index contributed by atoms with van der Waals surface area (Å²) in [4.78, 5) is 0. The molecule has 1 aromatic carbocycles. The number of ether oxygens (including phenoxy) is 1. The molecule has 0 aliphatic heterocycles. The van der Waals surface area contributed by atoms with Gasteiger partial charge in [0, 0.05) is 18.3 Å². The van der Waals surface area contributed by atoms with Crippen molar-refractivity contribution < 1.29 is 9.84 Å². The van der Waals surface area contributed by atoms with E-state index in [2.05, 4.69) is 5.32 Å². The molecule has 0 spiro atoms. The molecule has 0 heterocycles. The van der Waals surface area contributed by atoms with Gasteiger partial charge in [-0.05, 0) is 19.1 Å². The Labute approximate surface area is 83.7 Å². The topological polar surface area (TPSA) is 67.5 Å². The van der Waals surface area contributed by atoms with E-state index in [0.29, 0.717) is 18.0 Å². The Morgan fingerprint density at radius 3 is 2.86 bits per heavy atom. The van der Waals surface area contributed by atoms with E-state index < -0.39 is 0 Å². The van der Waals surface area contributed by atoms with E-state index in [1.54, 1.807) is 26.2 Å². The van der Waals surface area contributed by atoms with Crippen molar-refractivity contribution in [3.8, 4) is 5.75 Å². The molecule has 4 N–H and O–H groups in total. The molecule has 0 aromatic heterocycles. The number of nitrogen functional groups attached to an aromatic ring is 1. The van der Waals surface area contributed by atoms with Gasteiger partial charge in [0.05, 0.1) is 18.9 Å². The second-order valence-electron chi connectivity index (χ2n) is 3.19. The van der Waals surface area contributed by atoms with Gasteiger partial charge in [-0.25, -0.2) is 0 Å². The number of anilines is 2. The molecule has 0 fully saturated rings. The van der Waals surface area contributed by atoms with E-state index in [1.807, 2.05) is 6.07 Å². The van der Waals surface area contributed by atoms with Gasteiger partial charge < -0.3 is 20.9 Å². The van der Waals surface area contributed by atoms with E-state index in [0.717, 1.165) is 5.69 Å². The summed E-state index contributed by atoms with van der Waals surface area (Å²) in [5, 5.41) is 12.1. The highest BCUT2D eigenvalue weighted by atomic mass is 16.5. The zero-order valence-electron chi connectivity index (χ0n) is 8.45. The van der Waals surface area contributed by atoms with Gasteiger partial charge in [0.15, 0.2) is 0 Å². The van der Waals surface area contributed by atoms with Gasteiger partial charge in [0.1, 0.15) is 5.75 Å². The van der Waals surface area contributed by atoms with E-state index in [9.17, 15) is 0 Å². The maximum Gasteiger partial charge on any atom is 0.143 e. The van der Waals surface area contributed by atoms with Crippen molar-refractivity contribution in [1.29, 1.82) is 0 Å². The van der Waals surface area contributed by atoms with Crippen LogP contribution in [-0.4, -0.2) is 24.9 Å². The molecule has 1 rings (SSSR count). The Kier molecular flexibility index (Phi) is 3.59. The highest BCUT2D eigenvalue weighted by Gasteiger charge is 2.01. The fourth-order valence-corrected chi connectivity index (χ4v) is 1.09. The highest BCUT2D eigenvalue weighted by molar-refractivity contribution is 5.61. The van der Waals surface area contributed by atoms with E-state index in [4.69, 9.17) is 15.6 Å². The molecule has 0 saturated heterocycles. The van der Waals surface area contributed by atoms with Crippen LogP contribution in [0.5, 0.6) is 5.75 Å². The first-order valence-corrected chi connectivity index (χ1v) is 4.49. The minimum atomic E-state index is -0.376. The van der Waals surface area contributed by atoms with Gasteiger partial charge in [-0.3, -0.25) is 0 Å². The lowest BCUT2D eigenvalue weighted by Gasteiger charge is -2.10. The van der Waals surface area contributed by atoms with Crippen LogP contribution in [0, 0.1) is 0 Å². The number of aliphatic hydroxyl groups is 1. The minimum Gasteiger partial charge on any atom is -0.495 e. The third-order valence-electron chi connectivity index (χ3n) is 1.84. The maximum absolute atomic E-state index is 9.08. The number of hydrogen-bond donors (Lipinski definition) is 3. The second-order valence-corrected chi connectivity index (χ2v) is 3.19. The largest absolute Gasteiger partial charge is 0.495 e. The summed E-state index contributed by atoms with van der Waals surface area (Å²) in [5.41, 5.74) is 7.15. The van der Waals surface area contributed by atoms with Crippen molar-refractivity contribution in [3.05, 3.63) is 18.2 Å². The van der Waals surface area contributed by atoms with Crippen molar-refractivity contribution in [1.82, 2.24) is 0 Å². The lowest BCUT2D eigenvalue weighted by molar-refractivity contribution is 0.208. The third-order valence-corrected chi connectivity index (χ3v) is 1.84. The van der Waals surface area contributed by atoms with Crippen molar-refractivity contribution >= 4 is 11.4 Å². The summed E-state index contributed by atoms with van der Waals surface area (Å²) in [5.74, 6) is 0.639. The summed E-state index contributed by atoms with van der Waals surface area (Å²) >= 11 is 0. The van der Waals surface area contributed by atoms with E-state index in [-0.39, 0.29) is 6.10 Å². The average molecular weight is 196 g/mol. The molecule has 1 unspecified atom stereocenters. The zero-order valence-corrected chi connectivity index (χ0v) is 8.45. The summed E-state index contributed by atoms with van der Waals surface area (Å²) in [6, 6.07) is 5.42. The van der Waals surface area contributed by atoms with Crippen LogP contribution in [0.4, 0.5) is 11.4 Å². The number of nitrogens with two attached hydrogens (primary N) is 1. The molecule has 0 saturated carbocycles. The van der Waals surface area contributed by atoms with Crippen LogP contribution < -0.4 is 15.8 Å². The first-order chi connectivity index (χ1) is 6.63. The normalized spacial score (nSPS) is 12.2. The van der Waals surface area contributed by atoms with Crippen molar-refractivity contribution in [2.24, 2.45) is 0 Å². The van der Waals surface area contributed by atoms with Crippen LogP contribution in [0.15, 0.2) is 18.2 Å². The SMILES string of the molecule is COc1cc(NCC(C)O)ccc1N. The molecule has 0 radical (unpaired) electrons. The first-order valence-electron chi connectivity index (χ1n) is 4.49. The van der Waals surface area contributed by atoms with Gasteiger partial charge in [-0.1, -0.05) is 0 Å².